The average molecular weight is 291 g/mol. The Balaban J connectivity index is 2.14. The van der Waals surface area contributed by atoms with Gasteiger partial charge >= 0.3 is 5.97 Å². The summed E-state index contributed by atoms with van der Waals surface area (Å²) in [7, 11) is 0. The Hall–Kier alpha value is -1.62. The van der Waals surface area contributed by atoms with Gasteiger partial charge in [0.05, 0.1) is 0 Å². The van der Waals surface area contributed by atoms with E-state index in [1.54, 1.807) is 6.20 Å². The molecule has 21 heavy (non-hydrogen) atoms. The summed E-state index contributed by atoms with van der Waals surface area (Å²) in [5.41, 5.74) is 8.43. The third-order valence-corrected chi connectivity index (χ3v) is 3.68. The number of carbonyl (C=O) groups is 1. The van der Waals surface area contributed by atoms with Gasteiger partial charge < -0.3 is 10.5 Å². The summed E-state index contributed by atoms with van der Waals surface area (Å²) in [6.07, 6.45) is 3.29. The topological polar surface area (TPSA) is 68.5 Å². The van der Waals surface area contributed by atoms with Gasteiger partial charge in [0.25, 0.3) is 0 Å². The zero-order valence-electron chi connectivity index (χ0n) is 13.3. The largest absolute Gasteiger partial charge is 0.459 e. The number of rotatable bonds is 3. The second kappa shape index (κ2) is 6.02. The number of nitrogens with two attached hydrogens (primary N) is 1. The number of aromatic nitrogens is 1. The van der Waals surface area contributed by atoms with Crippen LogP contribution in [0.5, 0.6) is 0 Å². The highest BCUT2D eigenvalue weighted by Crippen LogP contribution is 2.25. The van der Waals surface area contributed by atoms with Crippen molar-refractivity contribution in [1.29, 1.82) is 0 Å². The maximum Gasteiger partial charge on any atom is 0.323 e. The normalized spacial score (nSPS) is 17.1. The lowest BCUT2D eigenvalue weighted by atomic mass is 10.0. The van der Waals surface area contributed by atoms with Crippen molar-refractivity contribution in [3.63, 3.8) is 0 Å². The van der Waals surface area contributed by atoms with Crippen molar-refractivity contribution in [2.45, 2.75) is 58.7 Å². The Morgan fingerprint density at radius 3 is 2.86 bits per heavy atom. The lowest BCUT2D eigenvalue weighted by molar-refractivity contribution is -0.162. The van der Waals surface area contributed by atoms with Gasteiger partial charge in [-0.2, -0.15) is 0 Å². The Labute approximate surface area is 126 Å². The third-order valence-electron chi connectivity index (χ3n) is 3.68. The van der Waals surface area contributed by atoms with Gasteiger partial charge in [-0.1, -0.05) is 6.92 Å². The van der Waals surface area contributed by atoms with Crippen molar-refractivity contribution < 1.29 is 9.53 Å². The van der Waals surface area contributed by atoms with Crippen LogP contribution in [0.1, 0.15) is 45.4 Å². The molecule has 2 heterocycles. The van der Waals surface area contributed by atoms with Gasteiger partial charge in [-0.25, -0.2) is 0 Å². The van der Waals surface area contributed by atoms with E-state index in [1.807, 2.05) is 33.8 Å². The van der Waals surface area contributed by atoms with Crippen LogP contribution >= 0.6 is 0 Å². The molecule has 0 aromatic carbocycles. The van der Waals surface area contributed by atoms with Crippen LogP contribution in [0.15, 0.2) is 12.3 Å². The van der Waals surface area contributed by atoms with E-state index in [-0.39, 0.29) is 12.0 Å². The number of nitrogens with zero attached hydrogens (tertiary/aromatic N) is 2. The van der Waals surface area contributed by atoms with Crippen molar-refractivity contribution in [3.8, 4) is 0 Å². The van der Waals surface area contributed by atoms with E-state index in [0.29, 0.717) is 6.54 Å². The molecule has 2 rings (SSSR count). The fourth-order valence-corrected chi connectivity index (χ4v) is 2.69. The molecule has 0 radical (unpaired) electrons. The highest BCUT2D eigenvalue weighted by molar-refractivity contribution is 5.76. The maximum absolute atomic E-state index is 12.4. The number of hydrogen-bond acceptors (Lipinski definition) is 5. The fourth-order valence-electron chi connectivity index (χ4n) is 2.69. The molecule has 1 atom stereocenters. The molecule has 1 aromatic rings. The number of anilines is 1. The van der Waals surface area contributed by atoms with E-state index in [4.69, 9.17) is 10.5 Å². The quantitative estimate of drug-likeness (QED) is 0.864. The van der Waals surface area contributed by atoms with Crippen LogP contribution in [-0.2, 0) is 22.5 Å². The molecule has 0 saturated heterocycles. The molecule has 0 bridgehead atoms. The summed E-state index contributed by atoms with van der Waals surface area (Å²) >= 11 is 0. The number of ether oxygens (including phenoxy) is 1. The number of esters is 1. The van der Waals surface area contributed by atoms with Gasteiger partial charge in [0, 0.05) is 42.7 Å². The molecule has 1 aliphatic rings. The molecule has 5 heteroatoms. The van der Waals surface area contributed by atoms with Crippen molar-refractivity contribution in [2.75, 3.05) is 12.3 Å². The van der Waals surface area contributed by atoms with Gasteiger partial charge in [-0.15, -0.1) is 0 Å². The van der Waals surface area contributed by atoms with E-state index < -0.39 is 5.60 Å². The molecule has 1 unspecified atom stereocenters. The van der Waals surface area contributed by atoms with Crippen molar-refractivity contribution >= 4 is 11.7 Å². The first-order valence-corrected chi connectivity index (χ1v) is 7.51. The van der Waals surface area contributed by atoms with Crippen LogP contribution in [0, 0.1) is 0 Å². The highest BCUT2D eigenvalue weighted by Gasteiger charge is 2.31. The van der Waals surface area contributed by atoms with Gasteiger partial charge in [0.15, 0.2) is 0 Å². The van der Waals surface area contributed by atoms with Crippen LogP contribution < -0.4 is 5.73 Å². The molecule has 2 N–H and O–H groups in total. The van der Waals surface area contributed by atoms with Crippen LogP contribution in [0.3, 0.4) is 0 Å². The summed E-state index contributed by atoms with van der Waals surface area (Å²) in [4.78, 5) is 18.9. The molecule has 0 saturated carbocycles. The average Bonchev–Trinajstić information content (AvgIpc) is 2.38. The molecule has 116 valence electrons. The van der Waals surface area contributed by atoms with E-state index in [0.717, 1.165) is 36.3 Å². The minimum Gasteiger partial charge on any atom is -0.459 e. The zero-order chi connectivity index (χ0) is 15.6. The molecular formula is C16H25N3O2. The molecule has 1 aromatic heterocycles. The molecule has 0 spiro atoms. The predicted octanol–water partition coefficient (Wildman–Crippen LogP) is 2.14. The minimum absolute atomic E-state index is 0.157. The van der Waals surface area contributed by atoms with Gasteiger partial charge in [-0.05, 0) is 33.3 Å². The van der Waals surface area contributed by atoms with Crippen molar-refractivity contribution in [3.05, 3.63) is 23.5 Å². The first-order chi connectivity index (χ1) is 9.81. The second-order valence-electron chi connectivity index (χ2n) is 6.50. The Morgan fingerprint density at radius 2 is 2.24 bits per heavy atom. The molecule has 1 aliphatic heterocycles. The van der Waals surface area contributed by atoms with Crippen LogP contribution in [0.25, 0.3) is 0 Å². The van der Waals surface area contributed by atoms with Crippen molar-refractivity contribution in [2.24, 2.45) is 0 Å². The van der Waals surface area contributed by atoms with Crippen LogP contribution in [-0.4, -0.2) is 34.0 Å². The summed E-state index contributed by atoms with van der Waals surface area (Å²) in [5, 5.41) is 0. The molecule has 0 fully saturated rings. The van der Waals surface area contributed by atoms with Crippen molar-refractivity contribution in [1.82, 2.24) is 9.88 Å². The monoisotopic (exact) mass is 291 g/mol. The van der Waals surface area contributed by atoms with Gasteiger partial charge in [0.1, 0.15) is 11.6 Å². The van der Waals surface area contributed by atoms with Crippen LogP contribution in [0.4, 0.5) is 5.69 Å². The van der Waals surface area contributed by atoms with E-state index in [2.05, 4.69) is 9.88 Å². The first-order valence-electron chi connectivity index (χ1n) is 7.51. The Morgan fingerprint density at radius 1 is 1.52 bits per heavy atom. The Bertz CT molecular complexity index is 523. The molecule has 5 nitrogen and oxygen atoms in total. The smallest absolute Gasteiger partial charge is 0.323 e. The lowest BCUT2D eigenvalue weighted by Crippen LogP contribution is -2.46. The summed E-state index contributed by atoms with van der Waals surface area (Å²) < 4.78 is 5.53. The van der Waals surface area contributed by atoms with Crippen LogP contribution in [0.2, 0.25) is 0 Å². The van der Waals surface area contributed by atoms with E-state index >= 15 is 0 Å². The van der Waals surface area contributed by atoms with Gasteiger partial charge in [0.2, 0.25) is 0 Å². The first kappa shape index (κ1) is 15.8. The lowest BCUT2D eigenvalue weighted by Gasteiger charge is -2.35. The zero-order valence-corrected chi connectivity index (χ0v) is 13.3. The van der Waals surface area contributed by atoms with Gasteiger partial charge in [-0.3, -0.25) is 14.7 Å². The summed E-state index contributed by atoms with van der Waals surface area (Å²) in [6, 6.07) is 1.59. The molecule has 0 amide bonds. The predicted molar refractivity (Wildman–Crippen MR) is 82.7 cm³/mol. The second-order valence-corrected chi connectivity index (χ2v) is 6.50. The summed E-state index contributed by atoms with van der Waals surface area (Å²) in [5.74, 6) is -0.157. The highest BCUT2D eigenvalue weighted by atomic mass is 16.6. The SMILES string of the molecule is CCC(C(=O)OC(C)(C)C)N1CCc2nccc(N)c2C1. The number of hydrogen-bond donors (Lipinski definition) is 1. The maximum atomic E-state index is 12.4. The number of carbonyl (C=O) groups excluding carboxylic acids is 1. The number of pyridine rings is 1. The number of nitrogen functional groups attached to an aromatic ring is 1. The number of fused-ring (bicyclic) bond motifs is 1. The fraction of sp³-hybridized carbons (Fsp3) is 0.625. The minimum atomic E-state index is -0.460. The molecule has 0 aliphatic carbocycles. The standard InChI is InChI=1S/C16H25N3O2/c1-5-14(15(20)21-16(2,3)4)19-9-7-13-11(10-19)12(17)6-8-18-13/h6,8,14H,5,7,9-10H2,1-4H3,(H2,17,18). The molecular weight excluding hydrogens is 266 g/mol. The summed E-state index contributed by atoms with van der Waals surface area (Å²) in [6.45, 7) is 9.16. The Kier molecular flexibility index (Phi) is 4.52. The van der Waals surface area contributed by atoms with E-state index in [1.165, 1.54) is 0 Å². The van der Waals surface area contributed by atoms with E-state index in [9.17, 15) is 4.79 Å². The third kappa shape index (κ3) is 3.73.